The van der Waals surface area contributed by atoms with Crippen LogP contribution in [0, 0.1) is 6.92 Å². The number of amides is 1. The van der Waals surface area contributed by atoms with Gasteiger partial charge in [0, 0.05) is 24.5 Å². The van der Waals surface area contributed by atoms with E-state index in [0.717, 1.165) is 11.1 Å². The van der Waals surface area contributed by atoms with E-state index >= 15 is 0 Å². The lowest BCUT2D eigenvalue weighted by Crippen LogP contribution is -2.22. The second-order valence-electron chi connectivity index (χ2n) is 3.48. The molecule has 82 valence electrons. The average Bonchev–Trinajstić information content (AvgIpc) is 2.74. The van der Waals surface area contributed by atoms with Gasteiger partial charge in [-0.2, -0.15) is 0 Å². The van der Waals surface area contributed by atoms with Gasteiger partial charge in [0.25, 0.3) is 5.91 Å². The summed E-state index contributed by atoms with van der Waals surface area (Å²) in [5.41, 5.74) is 1.80. The Morgan fingerprint density at radius 3 is 3.00 bits per heavy atom. The number of pyridine rings is 1. The molecule has 4 heteroatoms. The minimum Gasteiger partial charge on any atom is -0.459 e. The predicted molar refractivity (Wildman–Crippen MR) is 58.9 cm³/mol. The number of carbonyl (C=O) groups is 1. The lowest BCUT2D eigenvalue weighted by molar-refractivity contribution is 0.0922. The lowest BCUT2D eigenvalue weighted by atomic mass is 10.2. The molecule has 0 aliphatic rings. The molecule has 0 atom stereocenters. The number of carbonyl (C=O) groups excluding carboxylic acids is 1. The Bertz CT molecular complexity index is 477. The molecule has 0 radical (unpaired) electrons. The topological polar surface area (TPSA) is 55.1 Å². The zero-order valence-electron chi connectivity index (χ0n) is 8.93. The van der Waals surface area contributed by atoms with Gasteiger partial charge < -0.3 is 9.73 Å². The molecule has 0 bridgehead atoms. The van der Waals surface area contributed by atoms with Gasteiger partial charge in [0.2, 0.25) is 0 Å². The van der Waals surface area contributed by atoms with Gasteiger partial charge >= 0.3 is 0 Å². The number of nitrogens with zero attached hydrogens (tertiary/aromatic N) is 1. The molecule has 2 rings (SSSR count). The molecule has 0 aliphatic heterocycles. The van der Waals surface area contributed by atoms with Crippen molar-refractivity contribution < 1.29 is 9.21 Å². The number of aryl methyl sites for hydroxylation is 1. The Hall–Kier alpha value is -2.10. The molecule has 0 saturated heterocycles. The van der Waals surface area contributed by atoms with Crippen molar-refractivity contribution in [1.29, 1.82) is 0 Å². The third-order valence-electron chi connectivity index (χ3n) is 2.24. The summed E-state index contributed by atoms with van der Waals surface area (Å²) >= 11 is 0. The van der Waals surface area contributed by atoms with Crippen molar-refractivity contribution in [1.82, 2.24) is 10.3 Å². The standard InChI is InChI=1S/C12H12N2O2/c1-9-4-6-16-11(9)12(15)14-8-10-3-2-5-13-7-10/h2-7H,8H2,1H3,(H,14,15). The van der Waals surface area contributed by atoms with Crippen LogP contribution >= 0.6 is 0 Å². The van der Waals surface area contributed by atoms with Crippen LogP contribution in [0.1, 0.15) is 21.7 Å². The zero-order chi connectivity index (χ0) is 11.4. The van der Waals surface area contributed by atoms with Crippen molar-refractivity contribution >= 4 is 5.91 Å². The van der Waals surface area contributed by atoms with Crippen LogP contribution in [0.15, 0.2) is 41.3 Å². The molecular formula is C12H12N2O2. The molecule has 1 amide bonds. The van der Waals surface area contributed by atoms with E-state index in [0.29, 0.717) is 12.3 Å². The van der Waals surface area contributed by atoms with Crippen LogP contribution in [0.2, 0.25) is 0 Å². The first-order valence-corrected chi connectivity index (χ1v) is 4.98. The second-order valence-corrected chi connectivity index (χ2v) is 3.48. The maximum atomic E-state index is 11.7. The smallest absolute Gasteiger partial charge is 0.287 e. The molecule has 0 saturated carbocycles. The first kappa shape index (κ1) is 10.4. The molecule has 2 heterocycles. The predicted octanol–water partition coefficient (Wildman–Crippen LogP) is 1.91. The van der Waals surface area contributed by atoms with E-state index in [1.807, 2.05) is 19.1 Å². The quantitative estimate of drug-likeness (QED) is 0.852. The van der Waals surface area contributed by atoms with Gasteiger partial charge in [-0.25, -0.2) is 0 Å². The fourth-order valence-electron chi connectivity index (χ4n) is 1.37. The molecule has 2 aromatic rings. The summed E-state index contributed by atoms with van der Waals surface area (Å²) < 4.78 is 5.09. The lowest BCUT2D eigenvalue weighted by Gasteiger charge is -2.03. The van der Waals surface area contributed by atoms with E-state index in [1.165, 1.54) is 6.26 Å². The summed E-state index contributed by atoms with van der Waals surface area (Å²) in [6, 6.07) is 5.50. The van der Waals surface area contributed by atoms with E-state index in [-0.39, 0.29) is 5.91 Å². The minimum absolute atomic E-state index is 0.202. The third-order valence-corrected chi connectivity index (χ3v) is 2.24. The van der Waals surface area contributed by atoms with Crippen molar-refractivity contribution in [3.8, 4) is 0 Å². The average molecular weight is 216 g/mol. The number of rotatable bonds is 3. The SMILES string of the molecule is Cc1ccoc1C(=O)NCc1cccnc1. The maximum Gasteiger partial charge on any atom is 0.287 e. The van der Waals surface area contributed by atoms with Crippen LogP contribution in [0.4, 0.5) is 0 Å². The maximum absolute atomic E-state index is 11.7. The summed E-state index contributed by atoms with van der Waals surface area (Å²) in [7, 11) is 0. The van der Waals surface area contributed by atoms with Gasteiger partial charge in [0.05, 0.1) is 6.26 Å². The number of hydrogen-bond acceptors (Lipinski definition) is 3. The summed E-state index contributed by atoms with van der Waals surface area (Å²) in [6.45, 7) is 2.29. The van der Waals surface area contributed by atoms with Crippen molar-refractivity contribution in [3.63, 3.8) is 0 Å². The Kier molecular flexibility index (Phi) is 3.00. The molecule has 0 fully saturated rings. The van der Waals surface area contributed by atoms with Crippen LogP contribution in [0.25, 0.3) is 0 Å². The van der Waals surface area contributed by atoms with Crippen LogP contribution in [0.3, 0.4) is 0 Å². The number of hydrogen-bond donors (Lipinski definition) is 1. The number of furan rings is 1. The largest absolute Gasteiger partial charge is 0.459 e. The highest BCUT2D eigenvalue weighted by atomic mass is 16.3. The molecule has 0 spiro atoms. The highest BCUT2D eigenvalue weighted by Crippen LogP contribution is 2.08. The highest BCUT2D eigenvalue weighted by molar-refractivity contribution is 5.92. The molecule has 16 heavy (non-hydrogen) atoms. The van der Waals surface area contributed by atoms with Crippen LogP contribution in [-0.2, 0) is 6.54 Å². The molecule has 2 aromatic heterocycles. The van der Waals surface area contributed by atoms with E-state index in [1.54, 1.807) is 18.5 Å². The Morgan fingerprint density at radius 1 is 1.50 bits per heavy atom. The Morgan fingerprint density at radius 2 is 2.38 bits per heavy atom. The van der Waals surface area contributed by atoms with Crippen LogP contribution < -0.4 is 5.32 Å². The first-order valence-electron chi connectivity index (χ1n) is 4.98. The van der Waals surface area contributed by atoms with E-state index < -0.39 is 0 Å². The van der Waals surface area contributed by atoms with Gasteiger partial charge in [0.1, 0.15) is 0 Å². The fourth-order valence-corrected chi connectivity index (χ4v) is 1.37. The number of aromatic nitrogens is 1. The summed E-state index contributed by atoms with van der Waals surface area (Å²) in [5.74, 6) is 0.162. The van der Waals surface area contributed by atoms with E-state index in [4.69, 9.17) is 4.42 Å². The molecule has 4 nitrogen and oxygen atoms in total. The molecular weight excluding hydrogens is 204 g/mol. The molecule has 0 aliphatic carbocycles. The summed E-state index contributed by atoms with van der Waals surface area (Å²) in [5, 5.41) is 2.77. The monoisotopic (exact) mass is 216 g/mol. The Balaban J connectivity index is 1.97. The minimum atomic E-state index is -0.202. The number of nitrogens with one attached hydrogen (secondary N) is 1. The third kappa shape index (κ3) is 2.28. The van der Waals surface area contributed by atoms with Crippen LogP contribution in [-0.4, -0.2) is 10.9 Å². The van der Waals surface area contributed by atoms with Crippen LogP contribution in [0.5, 0.6) is 0 Å². The fraction of sp³-hybridized carbons (Fsp3) is 0.167. The van der Waals surface area contributed by atoms with Gasteiger partial charge in [-0.05, 0) is 24.6 Å². The molecule has 0 aromatic carbocycles. The van der Waals surface area contributed by atoms with E-state index in [2.05, 4.69) is 10.3 Å². The van der Waals surface area contributed by atoms with Gasteiger partial charge in [-0.1, -0.05) is 6.07 Å². The zero-order valence-corrected chi connectivity index (χ0v) is 8.93. The van der Waals surface area contributed by atoms with Crippen molar-refractivity contribution in [2.75, 3.05) is 0 Å². The molecule has 1 N–H and O–H groups in total. The summed E-state index contributed by atoms with van der Waals surface area (Å²) in [4.78, 5) is 15.6. The van der Waals surface area contributed by atoms with Crippen molar-refractivity contribution in [2.24, 2.45) is 0 Å². The summed E-state index contributed by atoms with van der Waals surface area (Å²) in [6.07, 6.45) is 4.92. The van der Waals surface area contributed by atoms with Gasteiger partial charge in [-0.15, -0.1) is 0 Å². The second kappa shape index (κ2) is 4.61. The van der Waals surface area contributed by atoms with Gasteiger partial charge in [-0.3, -0.25) is 9.78 Å². The van der Waals surface area contributed by atoms with Crippen molar-refractivity contribution in [3.05, 3.63) is 53.7 Å². The highest BCUT2D eigenvalue weighted by Gasteiger charge is 2.11. The molecule has 0 unspecified atom stereocenters. The Labute approximate surface area is 93.3 Å². The first-order chi connectivity index (χ1) is 7.77. The van der Waals surface area contributed by atoms with Crippen molar-refractivity contribution in [2.45, 2.75) is 13.5 Å². The van der Waals surface area contributed by atoms with Gasteiger partial charge in [0.15, 0.2) is 5.76 Å². The van der Waals surface area contributed by atoms with E-state index in [9.17, 15) is 4.79 Å². The normalized spacial score (nSPS) is 10.1.